The summed E-state index contributed by atoms with van der Waals surface area (Å²) in [6.45, 7) is 9.53. The van der Waals surface area contributed by atoms with Gasteiger partial charge in [0.1, 0.15) is 0 Å². The molecular weight excluding hydrogens is 262 g/mol. The first kappa shape index (κ1) is 13.9. The lowest BCUT2D eigenvalue weighted by molar-refractivity contribution is 0.0822. The molecule has 0 radical (unpaired) electrons. The second-order valence-electron chi connectivity index (χ2n) is 5.32. The summed E-state index contributed by atoms with van der Waals surface area (Å²) < 4.78 is 0. The number of nitrogens with two attached hydrogens (primary N) is 1. The number of hydrogen-bond donors (Lipinski definition) is 1. The van der Waals surface area contributed by atoms with Gasteiger partial charge in [0.2, 0.25) is 0 Å². The zero-order chi connectivity index (χ0) is 13.2. The number of rotatable bonds is 4. The number of nitrogens with zero attached hydrogens (tertiary/aromatic N) is 2. The van der Waals surface area contributed by atoms with Gasteiger partial charge in [-0.15, -0.1) is 0 Å². The summed E-state index contributed by atoms with van der Waals surface area (Å²) in [5, 5.41) is 4.37. The number of thiophene rings is 1. The van der Waals surface area contributed by atoms with Gasteiger partial charge in [-0.3, -0.25) is 9.80 Å². The highest BCUT2D eigenvalue weighted by atomic mass is 32.1. The molecule has 1 aliphatic heterocycles. The molecule has 2 heterocycles. The first-order valence-corrected chi connectivity index (χ1v) is 7.63. The Balaban J connectivity index is 1.86. The molecule has 0 amide bonds. The second kappa shape index (κ2) is 5.65. The van der Waals surface area contributed by atoms with Crippen LogP contribution in [0.15, 0.2) is 16.8 Å². The quantitative estimate of drug-likeness (QED) is 0.856. The first-order chi connectivity index (χ1) is 8.50. The topological polar surface area (TPSA) is 32.5 Å². The maximum atomic E-state index is 5.82. The van der Waals surface area contributed by atoms with Gasteiger partial charge in [-0.2, -0.15) is 11.3 Å². The van der Waals surface area contributed by atoms with E-state index in [2.05, 4.69) is 40.5 Å². The second-order valence-corrected chi connectivity index (χ2v) is 6.54. The largest absolute Gasteiger partial charge is 0.392 e. The fraction of sp³-hybridized carbons (Fsp3) is 0.615. The molecule has 3 nitrogen and oxygen atoms in total. The average molecular weight is 283 g/mol. The Morgan fingerprint density at radius 3 is 2.56 bits per heavy atom. The van der Waals surface area contributed by atoms with Crippen LogP contribution >= 0.6 is 23.6 Å². The highest BCUT2D eigenvalue weighted by Gasteiger charge is 2.32. The molecule has 1 aliphatic rings. The molecule has 0 spiro atoms. The van der Waals surface area contributed by atoms with Crippen LogP contribution in [0.2, 0.25) is 0 Å². The molecule has 18 heavy (non-hydrogen) atoms. The molecule has 0 unspecified atom stereocenters. The number of thiocarbonyl (C=S) groups is 1. The standard InChI is InChI=1S/C13H21N3S2/c1-13(2,12(14)17)16-6-4-15(5-7-16)9-11-3-8-18-10-11/h3,8,10H,4-7,9H2,1-2H3,(H2,14,17). The molecule has 2 rings (SSSR count). The van der Waals surface area contributed by atoms with Gasteiger partial charge in [0.15, 0.2) is 0 Å². The van der Waals surface area contributed by atoms with E-state index in [0.29, 0.717) is 4.99 Å². The van der Waals surface area contributed by atoms with E-state index >= 15 is 0 Å². The number of hydrogen-bond acceptors (Lipinski definition) is 4. The van der Waals surface area contributed by atoms with Crippen LogP contribution in [-0.2, 0) is 6.54 Å². The molecule has 0 aliphatic carbocycles. The summed E-state index contributed by atoms with van der Waals surface area (Å²) >= 11 is 6.93. The summed E-state index contributed by atoms with van der Waals surface area (Å²) in [5.74, 6) is 0. The lowest BCUT2D eigenvalue weighted by atomic mass is 10.0. The predicted molar refractivity (Wildman–Crippen MR) is 82.0 cm³/mol. The van der Waals surface area contributed by atoms with Crippen molar-refractivity contribution in [1.29, 1.82) is 0 Å². The van der Waals surface area contributed by atoms with Gasteiger partial charge in [-0.05, 0) is 36.2 Å². The van der Waals surface area contributed by atoms with Gasteiger partial charge in [0, 0.05) is 32.7 Å². The van der Waals surface area contributed by atoms with Crippen molar-refractivity contribution in [2.45, 2.75) is 25.9 Å². The van der Waals surface area contributed by atoms with E-state index in [4.69, 9.17) is 18.0 Å². The molecule has 0 atom stereocenters. The Kier molecular flexibility index (Phi) is 4.37. The summed E-state index contributed by atoms with van der Waals surface area (Å²) in [6.07, 6.45) is 0. The van der Waals surface area contributed by atoms with Crippen LogP contribution in [0.4, 0.5) is 0 Å². The van der Waals surface area contributed by atoms with Gasteiger partial charge in [0.05, 0.1) is 10.5 Å². The van der Waals surface area contributed by atoms with Crippen molar-refractivity contribution in [3.8, 4) is 0 Å². The van der Waals surface area contributed by atoms with E-state index in [-0.39, 0.29) is 5.54 Å². The van der Waals surface area contributed by atoms with Crippen molar-refractivity contribution in [1.82, 2.24) is 9.80 Å². The maximum Gasteiger partial charge on any atom is 0.0928 e. The molecule has 0 aromatic carbocycles. The van der Waals surface area contributed by atoms with Crippen LogP contribution in [0.3, 0.4) is 0 Å². The minimum atomic E-state index is -0.163. The Hall–Kier alpha value is -0.490. The minimum Gasteiger partial charge on any atom is -0.392 e. The smallest absolute Gasteiger partial charge is 0.0928 e. The van der Waals surface area contributed by atoms with Crippen molar-refractivity contribution in [3.63, 3.8) is 0 Å². The summed E-state index contributed by atoms with van der Waals surface area (Å²) in [4.78, 5) is 5.47. The highest BCUT2D eigenvalue weighted by Crippen LogP contribution is 2.18. The molecular formula is C13H21N3S2. The third-order valence-electron chi connectivity index (χ3n) is 3.75. The lowest BCUT2D eigenvalue weighted by Crippen LogP contribution is -2.59. The van der Waals surface area contributed by atoms with Gasteiger partial charge in [-0.1, -0.05) is 12.2 Å². The van der Waals surface area contributed by atoms with E-state index in [1.54, 1.807) is 11.3 Å². The Morgan fingerprint density at radius 1 is 1.39 bits per heavy atom. The SMILES string of the molecule is CC(C)(C(N)=S)N1CCN(Cc2ccsc2)CC1. The lowest BCUT2D eigenvalue weighted by Gasteiger charge is -2.43. The fourth-order valence-corrected chi connectivity index (χ4v) is 3.05. The normalized spacial score (nSPS) is 19.0. The first-order valence-electron chi connectivity index (χ1n) is 6.28. The van der Waals surface area contributed by atoms with Crippen molar-refractivity contribution in [2.75, 3.05) is 26.2 Å². The zero-order valence-corrected chi connectivity index (χ0v) is 12.7. The monoisotopic (exact) mass is 283 g/mol. The summed E-state index contributed by atoms with van der Waals surface area (Å²) in [7, 11) is 0. The Bertz CT molecular complexity index is 392. The third-order valence-corrected chi connectivity index (χ3v) is 4.98. The fourth-order valence-electron chi connectivity index (χ4n) is 2.26. The summed E-state index contributed by atoms with van der Waals surface area (Å²) in [6, 6.07) is 2.20. The Labute approximate surface area is 119 Å². The molecule has 5 heteroatoms. The van der Waals surface area contributed by atoms with E-state index in [9.17, 15) is 0 Å². The van der Waals surface area contributed by atoms with Gasteiger partial charge >= 0.3 is 0 Å². The van der Waals surface area contributed by atoms with E-state index < -0.39 is 0 Å². The average Bonchev–Trinajstić information content (AvgIpc) is 2.82. The van der Waals surface area contributed by atoms with Gasteiger partial charge in [0.25, 0.3) is 0 Å². The number of piperazine rings is 1. The molecule has 0 bridgehead atoms. The molecule has 100 valence electrons. The molecule has 2 N–H and O–H groups in total. The van der Waals surface area contributed by atoms with Crippen molar-refractivity contribution >= 4 is 28.5 Å². The van der Waals surface area contributed by atoms with Gasteiger partial charge < -0.3 is 5.73 Å². The van der Waals surface area contributed by atoms with Crippen molar-refractivity contribution < 1.29 is 0 Å². The van der Waals surface area contributed by atoms with E-state index in [1.807, 2.05) is 0 Å². The van der Waals surface area contributed by atoms with Crippen LogP contribution in [0.1, 0.15) is 19.4 Å². The van der Waals surface area contributed by atoms with Crippen LogP contribution in [-0.4, -0.2) is 46.5 Å². The zero-order valence-electron chi connectivity index (χ0n) is 11.1. The van der Waals surface area contributed by atoms with E-state index in [1.165, 1.54) is 5.56 Å². The van der Waals surface area contributed by atoms with E-state index in [0.717, 1.165) is 32.7 Å². The minimum absolute atomic E-state index is 0.163. The molecule has 0 saturated carbocycles. The summed E-state index contributed by atoms with van der Waals surface area (Å²) in [5.41, 5.74) is 7.08. The molecule has 1 aromatic rings. The van der Waals surface area contributed by atoms with Gasteiger partial charge in [-0.25, -0.2) is 0 Å². The van der Waals surface area contributed by atoms with Crippen LogP contribution in [0, 0.1) is 0 Å². The Morgan fingerprint density at radius 2 is 2.06 bits per heavy atom. The van der Waals surface area contributed by atoms with Crippen LogP contribution in [0.25, 0.3) is 0 Å². The molecule has 1 saturated heterocycles. The van der Waals surface area contributed by atoms with Crippen LogP contribution < -0.4 is 5.73 Å². The third kappa shape index (κ3) is 3.09. The molecule has 1 aromatic heterocycles. The van der Waals surface area contributed by atoms with Crippen molar-refractivity contribution in [2.24, 2.45) is 5.73 Å². The van der Waals surface area contributed by atoms with Crippen LogP contribution in [0.5, 0.6) is 0 Å². The highest BCUT2D eigenvalue weighted by molar-refractivity contribution is 7.80. The van der Waals surface area contributed by atoms with Crippen molar-refractivity contribution in [3.05, 3.63) is 22.4 Å². The predicted octanol–water partition coefficient (Wildman–Crippen LogP) is 1.93. The molecule has 1 fully saturated rings. The maximum absolute atomic E-state index is 5.82.